The highest BCUT2D eigenvalue weighted by Crippen LogP contribution is 2.17. The van der Waals surface area contributed by atoms with Gasteiger partial charge in [-0.3, -0.25) is 4.79 Å². The van der Waals surface area contributed by atoms with E-state index < -0.39 is 0 Å². The number of carbonyl (C=O) groups is 1. The lowest BCUT2D eigenvalue weighted by Gasteiger charge is -2.02. The maximum absolute atomic E-state index is 10.7. The van der Waals surface area contributed by atoms with Crippen molar-refractivity contribution in [2.45, 2.75) is 20.3 Å². The van der Waals surface area contributed by atoms with Crippen molar-refractivity contribution in [3.8, 4) is 0 Å². The summed E-state index contributed by atoms with van der Waals surface area (Å²) in [6, 6.07) is 0. The van der Waals surface area contributed by atoms with E-state index in [4.69, 9.17) is 0 Å². The molecule has 1 N–H and O–H groups in total. The molecular weight excluding hydrogens is 202 g/mol. The van der Waals surface area contributed by atoms with E-state index in [9.17, 15) is 4.79 Å². The molecule has 1 amide bonds. The van der Waals surface area contributed by atoms with Gasteiger partial charge in [0.25, 0.3) is 0 Å². The molecule has 0 fully saturated rings. The molecule has 0 unspecified atom stereocenters. The van der Waals surface area contributed by atoms with E-state index in [1.165, 1.54) is 12.5 Å². The Morgan fingerprint density at radius 2 is 2.44 bits per heavy atom. The molecule has 2 aliphatic heterocycles. The number of fused-ring (bicyclic) bond motifs is 1. The number of nitrogens with zero attached hydrogens (tertiary/aromatic N) is 2. The van der Waals surface area contributed by atoms with Crippen LogP contribution < -0.4 is 5.32 Å². The quantitative estimate of drug-likeness (QED) is 0.701. The van der Waals surface area contributed by atoms with Crippen LogP contribution in [-0.4, -0.2) is 35.5 Å². The highest BCUT2D eigenvalue weighted by molar-refractivity contribution is 6.30. The summed E-state index contributed by atoms with van der Waals surface area (Å²) in [5, 5.41) is 2.77. The van der Waals surface area contributed by atoms with Crippen LogP contribution in [0.5, 0.6) is 0 Å². The number of nitrogens with one attached hydrogen (secondary N) is 1. The number of hydrogen-bond acceptors (Lipinski definition) is 2. The van der Waals surface area contributed by atoms with E-state index in [1.54, 1.807) is 0 Å². The minimum atomic E-state index is 0.00776. The topological polar surface area (TPSA) is 44.5 Å². The van der Waals surface area contributed by atoms with E-state index in [0.717, 1.165) is 24.5 Å². The van der Waals surface area contributed by atoms with Crippen LogP contribution in [0.25, 0.3) is 0 Å². The van der Waals surface area contributed by atoms with Gasteiger partial charge in [0.2, 0.25) is 5.91 Å². The summed E-state index contributed by atoms with van der Waals surface area (Å²) in [5.74, 6) is 1.05. The molecule has 2 rings (SSSR count). The van der Waals surface area contributed by atoms with Crippen molar-refractivity contribution in [1.82, 2.24) is 5.32 Å². The third kappa shape index (κ3) is 2.27. The Labute approximate surface area is 95.1 Å². The third-order valence-corrected chi connectivity index (χ3v) is 2.60. The molecule has 0 saturated carbocycles. The van der Waals surface area contributed by atoms with E-state index in [0.29, 0.717) is 6.54 Å². The van der Waals surface area contributed by atoms with Crippen LogP contribution in [0.2, 0.25) is 0 Å². The number of aliphatic imine (C=N–C) groups is 1. The second-order valence-electron chi connectivity index (χ2n) is 4.03. The number of hydrogen-bond donors (Lipinski definition) is 1. The fourth-order valence-corrected chi connectivity index (χ4v) is 1.83. The molecule has 0 aromatic carbocycles. The fraction of sp³-hybridized carbons (Fsp3) is 0.417. The third-order valence-electron chi connectivity index (χ3n) is 2.60. The van der Waals surface area contributed by atoms with Gasteiger partial charge >= 0.3 is 5.82 Å². The first kappa shape index (κ1) is 10.8. The van der Waals surface area contributed by atoms with Crippen molar-refractivity contribution in [1.29, 1.82) is 0 Å². The van der Waals surface area contributed by atoms with Gasteiger partial charge in [0, 0.05) is 25.5 Å². The first-order valence-electron chi connectivity index (χ1n) is 5.48. The smallest absolute Gasteiger partial charge is 0.326 e. The number of amides is 1. The van der Waals surface area contributed by atoms with Gasteiger partial charge in [0.05, 0.1) is 0 Å². The molecule has 2 heterocycles. The first-order chi connectivity index (χ1) is 7.66. The summed E-state index contributed by atoms with van der Waals surface area (Å²) in [6.07, 6.45) is 7.07. The zero-order valence-corrected chi connectivity index (χ0v) is 9.66. The summed E-state index contributed by atoms with van der Waals surface area (Å²) < 4.78 is 2.14. The predicted octanol–water partition coefficient (Wildman–Crippen LogP) is 0.852. The molecule has 0 aromatic rings. The summed E-state index contributed by atoms with van der Waals surface area (Å²) in [5.41, 5.74) is 2.23. The van der Waals surface area contributed by atoms with Crippen LogP contribution in [0.3, 0.4) is 0 Å². The molecule has 0 radical (unpaired) electrons. The Morgan fingerprint density at radius 1 is 1.62 bits per heavy atom. The predicted molar refractivity (Wildman–Crippen MR) is 63.8 cm³/mol. The lowest BCUT2D eigenvalue weighted by atomic mass is 10.2. The maximum Gasteiger partial charge on any atom is 0.326 e. The van der Waals surface area contributed by atoms with Crippen molar-refractivity contribution >= 4 is 17.8 Å². The molecule has 0 atom stereocenters. The molecular formula is C12H16N3O+. The van der Waals surface area contributed by atoms with E-state index >= 15 is 0 Å². The summed E-state index contributed by atoms with van der Waals surface area (Å²) in [7, 11) is 0. The van der Waals surface area contributed by atoms with Crippen molar-refractivity contribution in [3.63, 3.8) is 0 Å². The first-order valence-corrected chi connectivity index (χ1v) is 5.48. The van der Waals surface area contributed by atoms with Crippen LogP contribution >= 0.6 is 0 Å². The number of carbonyl (C=O) groups excluding carboxylic acids is 1. The number of allylic oxidation sites excluding steroid dienone is 2. The Kier molecular flexibility index (Phi) is 2.99. The molecule has 0 saturated heterocycles. The van der Waals surface area contributed by atoms with Crippen LogP contribution in [0, 0.1) is 0 Å². The van der Waals surface area contributed by atoms with Crippen molar-refractivity contribution < 1.29 is 9.37 Å². The summed E-state index contributed by atoms with van der Waals surface area (Å²) >= 11 is 0. The molecule has 0 spiro atoms. The van der Waals surface area contributed by atoms with Gasteiger partial charge in [-0.05, 0) is 18.0 Å². The zero-order chi connectivity index (χ0) is 11.5. The van der Waals surface area contributed by atoms with Gasteiger partial charge in [0.1, 0.15) is 12.8 Å². The Bertz CT molecular complexity index is 441. The minimum Gasteiger partial charge on any atom is -0.356 e. The fourth-order valence-electron chi connectivity index (χ4n) is 1.83. The maximum atomic E-state index is 10.7. The van der Waals surface area contributed by atoms with Crippen LogP contribution in [0.4, 0.5) is 0 Å². The zero-order valence-electron chi connectivity index (χ0n) is 9.66. The summed E-state index contributed by atoms with van der Waals surface area (Å²) in [6.45, 7) is 5.13. The standard InChI is InChI=1S/C12H15N3O/c1-9-4-3-7-15-8-11(14-12(9)15)5-6-13-10(2)16/h3-4,8H,5-7H2,1-2H3/p+1. The molecule has 2 aliphatic rings. The van der Waals surface area contributed by atoms with Gasteiger partial charge in [-0.1, -0.05) is 6.08 Å². The van der Waals surface area contributed by atoms with Crippen molar-refractivity contribution in [3.05, 3.63) is 23.5 Å². The molecule has 0 aliphatic carbocycles. The molecule has 16 heavy (non-hydrogen) atoms. The van der Waals surface area contributed by atoms with Crippen LogP contribution in [-0.2, 0) is 4.79 Å². The highest BCUT2D eigenvalue weighted by Gasteiger charge is 2.25. The second kappa shape index (κ2) is 4.43. The Balaban J connectivity index is 2.00. The number of rotatable bonds is 3. The monoisotopic (exact) mass is 218 g/mol. The highest BCUT2D eigenvalue weighted by atomic mass is 16.1. The molecule has 84 valence electrons. The van der Waals surface area contributed by atoms with E-state index in [-0.39, 0.29) is 5.91 Å². The van der Waals surface area contributed by atoms with Crippen LogP contribution in [0.15, 0.2) is 28.5 Å². The van der Waals surface area contributed by atoms with E-state index in [2.05, 4.69) is 40.2 Å². The van der Waals surface area contributed by atoms with Gasteiger partial charge in [0.15, 0.2) is 5.71 Å². The van der Waals surface area contributed by atoms with Gasteiger partial charge in [-0.2, -0.15) is 0 Å². The Morgan fingerprint density at radius 3 is 3.12 bits per heavy atom. The van der Waals surface area contributed by atoms with Crippen molar-refractivity contribution in [2.75, 3.05) is 13.1 Å². The summed E-state index contributed by atoms with van der Waals surface area (Å²) in [4.78, 5) is 15.3. The van der Waals surface area contributed by atoms with Crippen LogP contribution in [0.1, 0.15) is 20.3 Å². The van der Waals surface area contributed by atoms with Crippen molar-refractivity contribution in [2.24, 2.45) is 4.99 Å². The average Bonchev–Trinajstić information content (AvgIpc) is 2.61. The normalized spacial score (nSPS) is 18.1. The lowest BCUT2D eigenvalue weighted by Crippen LogP contribution is -2.23. The minimum absolute atomic E-state index is 0.00776. The van der Waals surface area contributed by atoms with Gasteiger partial charge < -0.3 is 5.32 Å². The molecule has 4 nitrogen and oxygen atoms in total. The second-order valence-corrected chi connectivity index (χ2v) is 4.03. The SMILES string of the molecule is CC(=O)NCCC1=NC2=C(C)C=CC[N+]2=C1. The molecule has 0 bridgehead atoms. The lowest BCUT2D eigenvalue weighted by molar-refractivity contribution is -0.459. The molecule has 4 heteroatoms. The average molecular weight is 218 g/mol. The largest absolute Gasteiger partial charge is 0.356 e. The Hall–Kier alpha value is -1.71. The van der Waals surface area contributed by atoms with E-state index in [1.807, 2.05) is 0 Å². The van der Waals surface area contributed by atoms with Gasteiger partial charge in [-0.15, -0.1) is 0 Å². The molecule has 0 aromatic heterocycles. The van der Waals surface area contributed by atoms with Gasteiger partial charge in [-0.25, -0.2) is 4.58 Å².